The maximum absolute atomic E-state index is 12.6. The van der Waals surface area contributed by atoms with Crippen molar-refractivity contribution in [3.8, 4) is 17.2 Å². The third-order valence-electron chi connectivity index (χ3n) is 6.24. The lowest BCUT2D eigenvalue weighted by Crippen LogP contribution is -2.31. The van der Waals surface area contributed by atoms with Crippen molar-refractivity contribution in [2.24, 2.45) is 0 Å². The van der Waals surface area contributed by atoms with Crippen LogP contribution in [0.25, 0.3) is 11.0 Å². The highest BCUT2D eigenvalue weighted by Crippen LogP contribution is 2.39. The second-order valence-electron chi connectivity index (χ2n) is 8.06. The van der Waals surface area contributed by atoms with Gasteiger partial charge in [-0.05, 0) is 74.6 Å². The van der Waals surface area contributed by atoms with Gasteiger partial charge in [0, 0.05) is 16.5 Å². The molecule has 3 aromatic rings. The van der Waals surface area contributed by atoms with Crippen LogP contribution in [0.2, 0.25) is 0 Å². The van der Waals surface area contributed by atoms with Crippen molar-refractivity contribution >= 4 is 16.9 Å². The molecular formula is C25H27NO6. The predicted molar refractivity (Wildman–Crippen MR) is 121 cm³/mol. The molecule has 0 radical (unpaired) electrons. The smallest absolute Gasteiger partial charge is 0.339 e. The number of methoxy groups -OCH3 is 2. The Balaban J connectivity index is 1.48. The van der Waals surface area contributed by atoms with E-state index in [0.29, 0.717) is 34.0 Å². The Morgan fingerprint density at radius 3 is 2.47 bits per heavy atom. The monoisotopic (exact) mass is 437 g/mol. The largest absolute Gasteiger partial charge is 0.493 e. The molecule has 1 unspecified atom stereocenters. The fourth-order valence-corrected chi connectivity index (χ4v) is 4.24. The SMILES string of the molecule is COc1cc2c(cc1OC)C(NC(=O)COc1ccc3c(C)c(C)c(=O)oc3c1C)CC2. The first kappa shape index (κ1) is 21.7. The highest BCUT2D eigenvalue weighted by atomic mass is 16.5. The lowest BCUT2D eigenvalue weighted by atomic mass is 10.0. The van der Waals surface area contributed by atoms with Gasteiger partial charge in [-0.2, -0.15) is 0 Å². The third kappa shape index (κ3) is 3.79. The first-order chi connectivity index (χ1) is 15.3. The maximum Gasteiger partial charge on any atom is 0.339 e. The average molecular weight is 437 g/mol. The topological polar surface area (TPSA) is 87.0 Å². The van der Waals surface area contributed by atoms with E-state index in [1.54, 1.807) is 27.2 Å². The van der Waals surface area contributed by atoms with Crippen LogP contribution >= 0.6 is 0 Å². The fraction of sp³-hybridized carbons (Fsp3) is 0.360. The van der Waals surface area contributed by atoms with Crippen molar-refractivity contribution in [2.75, 3.05) is 20.8 Å². The molecule has 7 heteroatoms. The number of ether oxygens (including phenoxy) is 3. The maximum atomic E-state index is 12.6. The van der Waals surface area contributed by atoms with Crippen molar-refractivity contribution in [2.45, 2.75) is 39.7 Å². The minimum atomic E-state index is -0.361. The zero-order valence-corrected chi connectivity index (χ0v) is 19.0. The standard InChI is InChI=1S/C25H27NO6/c1-13-14(2)25(28)32-24-15(3)20(9-7-17(13)24)31-12-23(27)26-19-8-6-16-10-21(29-4)22(30-5)11-18(16)19/h7,9-11,19H,6,8,12H2,1-5H3,(H,26,27). The Hall–Kier alpha value is -3.48. The Morgan fingerprint density at radius 1 is 1.03 bits per heavy atom. The molecule has 1 heterocycles. The van der Waals surface area contributed by atoms with E-state index in [1.165, 1.54) is 0 Å². The van der Waals surface area contributed by atoms with Gasteiger partial charge in [0.1, 0.15) is 11.3 Å². The van der Waals surface area contributed by atoms with Crippen molar-refractivity contribution < 1.29 is 23.4 Å². The van der Waals surface area contributed by atoms with Crippen molar-refractivity contribution in [1.29, 1.82) is 0 Å². The summed E-state index contributed by atoms with van der Waals surface area (Å²) >= 11 is 0. The van der Waals surface area contributed by atoms with Crippen LogP contribution in [0.3, 0.4) is 0 Å². The first-order valence-electron chi connectivity index (χ1n) is 10.5. The van der Waals surface area contributed by atoms with E-state index in [4.69, 9.17) is 18.6 Å². The summed E-state index contributed by atoms with van der Waals surface area (Å²) in [4.78, 5) is 24.7. The number of carbonyl (C=O) groups excluding carboxylic acids is 1. The van der Waals surface area contributed by atoms with Gasteiger partial charge in [-0.25, -0.2) is 4.79 Å². The van der Waals surface area contributed by atoms with Gasteiger partial charge in [-0.3, -0.25) is 4.79 Å². The molecule has 1 aliphatic carbocycles. The van der Waals surface area contributed by atoms with E-state index in [2.05, 4.69) is 5.32 Å². The second kappa shape index (κ2) is 8.57. The summed E-state index contributed by atoms with van der Waals surface area (Å²) in [6, 6.07) is 7.44. The van der Waals surface area contributed by atoms with Crippen LogP contribution in [0.1, 0.15) is 40.3 Å². The summed E-state index contributed by atoms with van der Waals surface area (Å²) in [6.07, 6.45) is 1.65. The zero-order valence-electron chi connectivity index (χ0n) is 19.0. The quantitative estimate of drug-likeness (QED) is 0.588. The van der Waals surface area contributed by atoms with Crippen molar-refractivity contribution in [3.05, 3.63) is 62.5 Å². The van der Waals surface area contributed by atoms with E-state index >= 15 is 0 Å². The predicted octanol–water partition coefficient (Wildman–Crippen LogP) is 3.92. The van der Waals surface area contributed by atoms with E-state index in [1.807, 2.05) is 32.0 Å². The Labute approximate surface area is 186 Å². The summed E-state index contributed by atoms with van der Waals surface area (Å²) < 4.78 is 22.0. The van der Waals surface area contributed by atoms with E-state index in [-0.39, 0.29) is 24.2 Å². The summed E-state index contributed by atoms with van der Waals surface area (Å²) in [5.74, 6) is 1.61. The van der Waals surface area contributed by atoms with Gasteiger partial charge in [0.2, 0.25) is 0 Å². The van der Waals surface area contributed by atoms with E-state index < -0.39 is 0 Å². The highest BCUT2D eigenvalue weighted by molar-refractivity contribution is 5.86. The molecule has 0 spiro atoms. The molecule has 1 N–H and O–H groups in total. The number of hydrogen-bond donors (Lipinski definition) is 1. The molecule has 1 aliphatic rings. The Bertz CT molecular complexity index is 1260. The molecule has 1 atom stereocenters. The molecule has 2 aromatic carbocycles. The molecule has 1 aromatic heterocycles. The molecule has 7 nitrogen and oxygen atoms in total. The number of rotatable bonds is 6. The highest BCUT2D eigenvalue weighted by Gasteiger charge is 2.26. The Kier molecular flexibility index (Phi) is 5.82. The lowest BCUT2D eigenvalue weighted by molar-refractivity contribution is -0.123. The summed E-state index contributed by atoms with van der Waals surface area (Å²) in [7, 11) is 3.20. The van der Waals surface area contributed by atoms with Gasteiger partial charge in [0.25, 0.3) is 5.91 Å². The summed E-state index contributed by atoms with van der Waals surface area (Å²) in [5, 5.41) is 3.91. The minimum absolute atomic E-state index is 0.109. The molecule has 1 amide bonds. The number of aryl methyl sites for hydroxylation is 3. The first-order valence-corrected chi connectivity index (χ1v) is 10.5. The van der Waals surface area contributed by atoms with Crippen LogP contribution in [0.15, 0.2) is 33.5 Å². The van der Waals surface area contributed by atoms with Gasteiger partial charge in [-0.1, -0.05) is 0 Å². The number of nitrogens with one attached hydrogen (secondary N) is 1. The third-order valence-corrected chi connectivity index (χ3v) is 6.24. The second-order valence-corrected chi connectivity index (χ2v) is 8.06. The molecular weight excluding hydrogens is 410 g/mol. The molecule has 0 aliphatic heterocycles. The van der Waals surface area contributed by atoms with E-state index in [9.17, 15) is 9.59 Å². The lowest BCUT2D eigenvalue weighted by Gasteiger charge is -2.17. The fourth-order valence-electron chi connectivity index (χ4n) is 4.24. The van der Waals surface area contributed by atoms with E-state index in [0.717, 1.165) is 34.9 Å². The Morgan fingerprint density at radius 2 is 1.75 bits per heavy atom. The van der Waals surface area contributed by atoms with Gasteiger partial charge >= 0.3 is 5.63 Å². The van der Waals surface area contributed by atoms with Crippen LogP contribution in [0.4, 0.5) is 0 Å². The van der Waals surface area contributed by atoms with Gasteiger partial charge in [-0.15, -0.1) is 0 Å². The molecule has 168 valence electrons. The van der Waals surface area contributed by atoms with Crippen LogP contribution in [-0.2, 0) is 11.2 Å². The molecule has 0 bridgehead atoms. The summed E-state index contributed by atoms with van der Waals surface area (Å²) in [5.41, 5.74) is 4.47. The van der Waals surface area contributed by atoms with Gasteiger partial charge in [0.05, 0.1) is 20.3 Å². The van der Waals surface area contributed by atoms with Crippen molar-refractivity contribution in [1.82, 2.24) is 5.32 Å². The molecule has 32 heavy (non-hydrogen) atoms. The van der Waals surface area contributed by atoms with Crippen molar-refractivity contribution in [3.63, 3.8) is 0 Å². The molecule has 0 saturated carbocycles. The minimum Gasteiger partial charge on any atom is -0.493 e. The number of fused-ring (bicyclic) bond motifs is 2. The van der Waals surface area contributed by atoms with Crippen LogP contribution < -0.4 is 25.2 Å². The number of amides is 1. The normalized spacial score (nSPS) is 14.8. The summed E-state index contributed by atoms with van der Waals surface area (Å²) in [6.45, 7) is 5.32. The number of benzene rings is 2. The zero-order chi connectivity index (χ0) is 23.0. The van der Waals surface area contributed by atoms with Crippen LogP contribution in [0, 0.1) is 20.8 Å². The van der Waals surface area contributed by atoms with Crippen LogP contribution in [-0.4, -0.2) is 26.7 Å². The molecule has 0 saturated heterocycles. The number of hydrogen-bond acceptors (Lipinski definition) is 6. The van der Waals surface area contributed by atoms with Gasteiger partial charge < -0.3 is 23.9 Å². The molecule has 4 rings (SSSR count). The molecule has 0 fully saturated rings. The van der Waals surface area contributed by atoms with Crippen LogP contribution in [0.5, 0.6) is 17.2 Å². The number of carbonyl (C=O) groups is 1. The van der Waals surface area contributed by atoms with Gasteiger partial charge in [0.15, 0.2) is 18.1 Å². The average Bonchev–Trinajstić information content (AvgIpc) is 3.17.